The molecule has 5 heteroatoms. The fourth-order valence-electron chi connectivity index (χ4n) is 2.37. The first-order chi connectivity index (χ1) is 10.0. The number of hydrogen-bond donors (Lipinski definition) is 3. The van der Waals surface area contributed by atoms with Crippen molar-refractivity contribution in [2.75, 3.05) is 16.4 Å². The Morgan fingerprint density at radius 1 is 1.19 bits per heavy atom. The van der Waals surface area contributed by atoms with Crippen molar-refractivity contribution in [3.8, 4) is 0 Å². The minimum Gasteiger partial charge on any atom is -0.399 e. The molecule has 3 rings (SSSR count). The fourth-order valence-corrected chi connectivity index (χ4v) is 2.63. The maximum Gasteiger partial charge on any atom is 0.258 e. The van der Waals surface area contributed by atoms with Crippen LogP contribution in [0, 0.1) is 0 Å². The Kier molecular flexibility index (Phi) is 3.43. The Balaban J connectivity index is 2.00. The molecule has 2 aromatic rings. The summed E-state index contributed by atoms with van der Waals surface area (Å²) in [7, 11) is 0. The van der Waals surface area contributed by atoms with Gasteiger partial charge in [-0.15, -0.1) is 0 Å². The molecule has 0 unspecified atom stereocenters. The molecule has 0 fully saturated rings. The summed E-state index contributed by atoms with van der Waals surface area (Å²) in [5.74, 6) is -0.113. The Hall–Kier alpha value is -2.27. The molecule has 0 radical (unpaired) electrons. The fraction of sp³-hybridized carbons (Fsp3) is 0.0625. The molecule has 0 saturated carbocycles. The van der Waals surface area contributed by atoms with Crippen LogP contribution in [0.5, 0.6) is 0 Å². The second kappa shape index (κ2) is 5.26. The second-order valence-corrected chi connectivity index (χ2v) is 5.81. The van der Waals surface area contributed by atoms with Gasteiger partial charge < -0.3 is 16.4 Å². The van der Waals surface area contributed by atoms with Crippen molar-refractivity contribution in [1.82, 2.24) is 0 Å². The molecular weight excluding hydrogens is 330 g/mol. The van der Waals surface area contributed by atoms with E-state index in [1.165, 1.54) is 0 Å². The number of carbonyl (C=O) groups is 1. The first kappa shape index (κ1) is 13.7. The zero-order valence-corrected chi connectivity index (χ0v) is 13.0. The molecule has 0 aliphatic carbocycles. The minimum absolute atomic E-state index is 0.113. The minimum atomic E-state index is -0.113. The number of nitrogen functional groups attached to an aromatic ring is 1. The third-order valence-electron chi connectivity index (χ3n) is 3.34. The predicted molar refractivity (Wildman–Crippen MR) is 89.8 cm³/mol. The second-order valence-electron chi connectivity index (χ2n) is 4.89. The summed E-state index contributed by atoms with van der Waals surface area (Å²) in [6.45, 7) is 1.88. The van der Waals surface area contributed by atoms with Crippen LogP contribution in [0.25, 0.3) is 5.57 Å². The molecule has 1 aliphatic rings. The SMILES string of the molecule is CC(Nc1ccc(Br)cc1)=C1C(=O)Nc2ccc(N)cc21. The van der Waals surface area contributed by atoms with Crippen LogP contribution in [0.2, 0.25) is 0 Å². The molecule has 0 bridgehead atoms. The summed E-state index contributed by atoms with van der Waals surface area (Å²) in [5, 5.41) is 6.11. The molecule has 4 N–H and O–H groups in total. The number of nitrogens with one attached hydrogen (secondary N) is 2. The number of anilines is 3. The van der Waals surface area contributed by atoms with Gasteiger partial charge in [-0.1, -0.05) is 15.9 Å². The number of benzene rings is 2. The molecule has 4 nitrogen and oxygen atoms in total. The van der Waals surface area contributed by atoms with E-state index in [2.05, 4.69) is 26.6 Å². The van der Waals surface area contributed by atoms with Gasteiger partial charge in [0.1, 0.15) is 0 Å². The van der Waals surface area contributed by atoms with Crippen LogP contribution in [-0.2, 0) is 4.79 Å². The summed E-state index contributed by atoms with van der Waals surface area (Å²) in [6, 6.07) is 13.2. The summed E-state index contributed by atoms with van der Waals surface area (Å²) in [6.07, 6.45) is 0. The third-order valence-corrected chi connectivity index (χ3v) is 3.87. The van der Waals surface area contributed by atoms with Crippen molar-refractivity contribution >= 4 is 44.5 Å². The summed E-state index contributed by atoms with van der Waals surface area (Å²) < 4.78 is 1.01. The monoisotopic (exact) mass is 343 g/mol. The quantitative estimate of drug-likeness (QED) is 0.573. The molecule has 2 aromatic carbocycles. The molecule has 0 aromatic heterocycles. The average molecular weight is 344 g/mol. The van der Waals surface area contributed by atoms with Crippen molar-refractivity contribution in [1.29, 1.82) is 0 Å². The van der Waals surface area contributed by atoms with E-state index in [0.717, 1.165) is 27.1 Å². The number of carbonyl (C=O) groups excluding carboxylic acids is 1. The molecule has 21 heavy (non-hydrogen) atoms. The van der Waals surface area contributed by atoms with Gasteiger partial charge in [0.2, 0.25) is 0 Å². The van der Waals surface area contributed by atoms with Gasteiger partial charge in [-0.05, 0) is 49.4 Å². The Labute approximate surface area is 131 Å². The lowest BCUT2D eigenvalue weighted by Crippen LogP contribution is -2.08. The Morgan fingerprint density at radius 3 is 2.62 bits per heavy atom. The van der Waals surface area contributed by atoms with Gasteiger partial charge in [-0.3, -0.25) is 4.79 Å². The Morgan fingerprint density at radius 2 is 1.90 bits per heavy atom. The van der Waals surface area contributed by atoms with Crippen LogP contribution in [0.4, 0.5) is 17.1 Å². The van der Waals surface area contributed by atoms with Crippen LogP contribution in [0.3, 0.4) is 0 Å². The maximum absolute atomic E-state index is 12.2. The molecule has 1 aliphatic heterocycles. The number of allylic oxidation sites excluding steroid dienone is 1. The normalized spacial score (nSPS) is 15.4. The smallest absolute Gasteiger partial charge is 0.258 e. The zero-order valence-electron chi connectivity index (χ0n) is 11.4. The molecule has 106 valence electrons. The topological polar surface area (TPSA) is 67.2 Å². The molecule has 0 atom stereocenters. The van der Waals surface area contributed by atoms with E-state index in [1.54, 1.807) is 6.07 Å². The number of hydrogen-bond acceptors (Lipinski definition) is 3. The van der Waals surface area contributed by atoms with E-state index in [-0.39, 0.29) is 5.91 Å². The molecular formula is C16H14BrN3O. The zero-order chi connectivity index (χ0) is 15.0. The van der Waals surface area contributed by atoms with Crippen LogP contribution < -0.4 is 16.4 Å². The van der Waals surface area contributed by atoms with E-state index in [4.69, 9.17) is 5.73 Å². The highest BCUT2D eigenvalue weighted by Gasteiger charge is 2.26. The van der Waals surface area contributed by atoms with Gasteiger partial charge in [-0.25, -0.2) is 0 Å². The van der Waals surface area contributed by atoms with Crippen LogP contribution in [0.15, 0.2) is 52.6 Å². The summed E-state index contributed by atoms with van der Waals surface area (Å²) in [5.41, 5.74) is 10.4. The van der Waals surface area contributed by atoms with Crippen molar-refractivity contribution in [2.45, 2.75) is 6.92 Å². The predicted octanol–water partition coefficient (Wildman–Crippen LogP) is 3.83. The van der Waals surface area contributed by atoms with E-state index < -0.39 is 0 Å². The number of amides is 1. The van der Waals surface area contributed by atoms with Crippen molar-refractivity contribution in [2.24, 2.45) is 0 Å². The van der Waals surface area contributed by atoms with Gasteiger partial charge >= 0.3 is 0 Å². The maximum atomic E-state index is 12.2. The van der Waals surface area contributed by atoms with Gasteiger partial charge in [0, 0.05) is 32.8 Å². The van der Waals surface area contributed by atoms with E-state index >= 15 is 0 Å². The van der Waals surface area contributed by atoms with E-state index in [9.17, 15) is 4.79 Å². The van der Waals surface area contributed by atoms with E-state index in [0.29, 0.717) is 11.3 Å². The first-order valence-corrected chi connectivity index (χ1v) is 7.28. The lowest BCUT2D eigenvalue weighted by Gasteiger charge is -2.10. The molecule has 1 heterocycles. The average Bonchev–Trinajstić information content (AvgIpc) is 2.76. The Bertz CT molecular complexity index is 751. The van der Waals surface area contributed by atoms with Crippen molar-refractivity contribution < 1.29 is 4.79 Å². The van der Waals surface area contributed by atoms with Gasteiger partial charge in [0.05, 0.1) is 5.57 Å². The molecule has 0 saturated heterocycles. The van der Waals surface area contributed by atoms with Crippen molar-refractivity contribution in [3.05, 3.63) is 58.2 Å². The highest BCUT2D eigenvalue weighted by Crippen LogP contribution is 2.35. The first-order valence-electron chi connectivity index (χ1n) is 6.49. The summed E-state index contributed by atoms with van der Waals surface area (Å²) in [4.78, 5) is 12.2. The van der Waals surface area contributed by atoms with Crippen LogP contribution in [0.1, 0.15) is 12.5 Å². The standard InChI is InChI=1S/C16H14BrN3O/c1-9(19-12-5-2-10(17)3-6-12)15-13-8-11(18)4-7-14(13)20-16(15)21/h2-8,19H,18H2,1H3,(H,20,21). The largest absolute Gasteiger partial charge is 0.399 e. The highest BCUT2D eigenvalue weighted by atomic mass is 79.9. The summed E-state index contributed by atoms with van der Waals surface area (Å²) >= 11 is 3.40. The highest BCUT2D eigenvalue weighted by molar-refractivity contribution is 9.10. The van der Waals surface area contributed by atoms with E-state index in [1.807, 2.05) is 43.3 Å². The van der Waals surface area contributed by atoms with Crippen LogP contribution in [-0.4, -0.2) is 5.91 Å². The van der Waals surface area contributed by atoms with Gasteiger partial charge in [0.25, 0.3) is 5.91 Å². The number of nitrogens with two attached hydrogens (primary N) is 1. The van der Waals surface area contributed by atoms with Gasteiger partial charge in [0.15, 0.2) is 0 Å². The number of rotatable bonds is 2. The number of halogens is 1. The lowest BCUT2D eigenvalue weighted by molar-refractivity contribution is -0.110. The number of fused-ring (bicyclic) bond motifs is 1. The third kappa shape index (κ3) is 2.64. The lowest BCUT2D eigenvalue weighted by atomic mass is 10.0. The van der Waals surface area contributed by atoms with Crippen molar-refractivity contribution in [3.63, 3.8) is 0 Å². The van der Waals surface area contributed by atoms with Crippen LogP contribution >= 0.6 is 15.9 Å². The molecule has 0 spiro atoms. The van der Waals surface area contributed by atoms with Gasteiger partial charge in [-0.2, -0.15) is 0 Å². The molecule has 1 amide bonds.